The van der Waals surface area contributed by atoms with Crippen LogP contribution < -0.4 is 0 Å². The van der Waals surface area contributed by atoms with Gasteiger partial charge in [-0.25, -0.2) is 19.0 Å². The quantitative estimate of drug-likeness (QED) is 0.564. The Bertz CT molecular complexity index is 1120. The number of fused-ring (bicyclic) bond motifs is 1. The second-order valence-electron chi connectivity index (χ2n) is 6.92. The topological polar surface area (TPSA) is 76.8 Å². The third-order valence-electron chi connectivity index (χ3n) is 4.90. The number of hydrogen-bond donors (Lipinski definition) is 0. The van der Waals surface area contributed by atoms with Gasteiger partial charge in [0.15, 0.2) is 0 Å². The van der Waals surface area contributed by atoms with E-state index in [0.29, 0.717) is 23.5 Å². The molecule has 0 saturated heterocycles. The molecule has 4 rings (SSSR count). The van der Waals surface area contributed by atoms with Gasteiger partial charge in [-0.2, -0.15) is 13.2 Å². The van der Waals surface area contributed by atoms with Crippen LogP contribution in [-0.4, -0.2) is 42.3 Å². The predicted molar refractivity (Wildman–Crippen MR) is 101 cm³/mol. The fraction of sp³-hybridized carbons (Fsp3) is 0.316. The molecule has 2 aromatic heterocycles. The van der Waals surface area contributed by atoms with E-state index in [4.69, 9.17) is 11.6 Å². The molecule has 1 amide bonds. The van der Waals surface area contributed by atoms with Crippen LogP contribution in [0.5, 0.6) is 0 Å². The normalized spacial score (nSPS) is 13.9. The molecular formula is C19H15ClF4N6O. The van der Waals surface area contributed by atoms with Crippen molar-refractivity contribution in [3.8, 4) is 0 Å². The highest BCUT2D eigenvalue weighted by Gasteiger charge is 2.36. The molecule has 0 saturated carbocycles. The summed E-state index contributed by atoms with van der Waals surface area (Å²) in [6, 6.07) is 3.26. The molecule has 12 heteroatoms. The number of aromatic nitrogens is 5. The van der Waals surface area contributed by atoms with Gasteiger partial charge in [0, 0.05) is 30.9 Å². The van der Waals surface area contributed by atoms with Crippen LogP contribution in [0.25, 0.3) is 0 Å². The number of carbonyl (C=O) groups is 1. The number of amides is 1. The zero-order chi connectivity index (χ0) is 22.2. The maximum absolute atomic E-state index is 13.1. The van der Waals surface area contributed by atoms with Crippen LogP contribution in [0.3, 0.4) is 0 Å². The Labute approximate surface area is 178 Å². The second-order valence-corrected chi connectivity index (χ2v) is 7.30. The smallest absolute Gasteiger partial charge is 0.332 e. The molecule has 0 unspecified atom stereocenters. The Hall–Kier alpha value is -3.08. The molecule has 7 nitrogen and oxygen atoms in total. The maximum atomic E-state index is 13.1. The summed E-state index contributed by atoms with van der Waals surface area (Å²) in [6.07, 6.45) is -1.47. The molecule has 162 valence electrons. The van der Waals surface area contributed by atoms with E-state index in [1.54, 1.807) is 4.68 Å². The largest absolute Gasteiger partial charge is 0.417 e. The van der Waals surface area contributed by atoms with Crippen molar-refractivity contribution in [1.29, 1.82) is 0 Å². The molecule has 1 aliphatic rings. The third kappa shape index (κ3) is 4.22. The maximum Gasteiger partial charge on any atom is 0.417 e. The summed E-state index contributed by atoms with van der Waals surface area (Å²) in [6.45, 7) is -0.0864. The molecule has 1 aromatic carbocycles. The van der Waals surface area contributed by atoms with Gasteiger partial charge in [-0.3, -0.25) is 4.79 Å². The number of hydrogen-bond acceptors (Lipinski definition) is 5. The molecular weight excluding hydrogens is 440 g/mol. The van der Waals surface area contributed by atoms with Crippen LogP contribution in [0.2, 0.25) is 5.02 Å². The zero-order valence-corrected chi connectivity index (χ0v) is 16.7. The summed E-state index contributed by atoms with van der Waals surface area (Å²) < 4.78 is 53.5. The van der Waals surface area contributed by atoms with E-state index in [0.717, 1.165) is 17.8 Å². The van der Waals surface area contributed by atoms with Gasteiger partial charge in [0.1, 0.15) is 24.7 Å². The van der Waals surface area contributed by atoms with E-state index in [2.05, 4.69) is 20.3 Å². The van der Waals surface area contributed by atoms with E-state index in [9.17, 15) is 22.4 Å². The van der Waals surface area contributed by atoms with Crippen LogP contribution >= 0.6 is 11.6 Å². The van der Waals surface area contributed by atoms with E-state index < -0.39 is 29.3 Å². The second kappa shape index (κ2) is 8.22. The van der Waals surface area contributed by atoms with Gasteiger partial charge >= 0.3 is 6.18 Å². The van der Waals surface area contributed by atoms with E-state index in [1.165, 1.54) is 23.4 Å². The summed E-state index contributed by atoms with van der Waals surface area (Å²) in [5.41, 5.74) is 0.406. The lowest BCUT2D eigenvalue weighted by molar-refractivity contribution is -0.137. The monoisotopic (exact) mass is 454 g/mol. The lowest BCUT2D eigenvalue weighted by Gasteiger charge is -2.27. The summed E-state index contributed by atoms with van der Waals surface area (Å²) in [7, 11) is 0. The van der Waals surface area contributed by atoms with Crippen molar-refractivity contribution >= 4 is 17.5 Å². The first-order valence-electron chi connectivity index (χ1n) is 9.20. The van der Waals surface area contributed by atoms with Crippen molar-refractivity contribution in [2.24, 2.45) is 0 Å². The van der Waals surface area contributed by atoms with Gasteiger partial charge in [-0.05, 0) is 12.1 Å². The standard InChI is InChI=1S/C19H15ClF4N6O/c20-17-12(2-1-3-13(17)19(22,23)24)18(31)29-5-4-15-14(9-29)27-28-30(15)10-16-25-7-11(6-21)8-26-16/h1-3,7-8H,4-6,9-10H2. The minimum atomic E-state index is -4.66. The number of halogens is 5. The van der Waals surface area contributed by atoms with E-state index in [-0.39, 0.29) is 25.2 Å². The number of benzene rings is 1. The van der Waals surface area contributed by atoms with Crippen molar-refractivity contribution < 1.29 is 22.4 Å². The Morgan fingerprint density at radius 1 is 1.19 bits per heavy atom. The molecule has 31 heavy (non-hydrogen) atoms. The first kappa shape index (κ1) is 21.2. The highest BCUT2D eigenvalue weighted by Crippen LogP contribution is 2.36. The minimum Gasteiger partial charge on any atom is -0.332 e. The molecule has 3 aromatic rings. The molecule has 0 bridgehead atoms. The molecule has 0 spiro atoms. The van der Waals surface area contributed by atoms with Crippen LogP contribution in [0, 0.1) is 0 Å². The van der Waals surface area contributed by atoms with E-state index >= 15 is 0 Å². The Morgan fingerprint density at radius 2 is 1.94 bits per heavy atom. The molecule has 0 aliphatic carbocycles. The van der Waals surface area contributed by atoms with Crippen LogP contribution in [0.15, 0.2) is 30.6 Å². The lowest BCUT2D eigenvalue weighted by atomic mass is 10.1. The first-order chi connectivity index (χ1) is 14.8. The minimum absolute atomic E-state index is 0.0857. The van der Waals surface area contributed by atoms with Gasteiger partial charge in [0.05, 0.1) is 28.4 Å². The summed E-state index contributed by atoms with van der Waals surface area (Å²) >= 11 is 5.89. The van der Waals surface area contributed by atoms with E-state index in [1.807, 2.05) is 0 Å². The number of alkyl halides is 4. The highest BCUT2D eigenvalue weighted by atomic mass is 35.5. The highest BCUT2D eigenvalue weighted by molar-refractivity contribution is 6.34. The zero-order valence-electron chi connectivity index (χ0n) is 15.9. The van der Waals surface area contributed by atoms with Gasteiger partial charge < -0.3 is 4.90 Å². The van der Waals surface area contributed by atoms with Crippen molar-refractivity contribution in [2.45, 2.75) is 32.4 Å². The SMILES string of the molecule is O=C(c1cccc(C(F)(F)F)c1Cl)N1CCc2c(nnn2Cc2ncc(CF)cn2)C1. The van der Waals surface area contributed by atoms with Gasteiger partial charge in [0.25, 0.3) is 5.91 Å². The van der Waals surface area contributed by atoms with Crippen LogP contribution in [-0.2, 0) is 32.4 Å². The fourth-order valence-corrected chi connectivity index (χ4v) is 3.63. The van der Waals surface area contributed by atoms with Gasteiger partial charge in [0.2, 0.25) is 0 Å². The molecule has 0 fully saturated rings. The van der Waals surface area contributed by atoms with Crippen molar-refractivity contribution in [2.75, 3.05) is 6.54 Å². The molecule has 0 atom stereocenters. The average molecular weight is 455 g/mol. The number of nitrogens with zero attached hydrogens (tertiary/aromatic N) is 6. The third-order valence-corrected chi connectivity index (χ3v) is 5.31. The first-order valence-corrected chi connectivity index (χ1v) is 9.57. The van der Waals surface area contributed by atoms with Crippen molar-refractivity contribution in [1.82, 2.24) is 29.9 Å². The van der Waals surface area contributed by atoms with Crippen molar-refractivity contribution in [3.05, 3.63) is 69.5 Å². The average Bonchev–Trinajstić information content (AvgIpc) is 3.15. The summed E-state index contributed by atoms with van der Waals surface area (Å²) in [5, 5.41) is 7.53. The van der Waals surface area contributed by atoms with Crippen LogP contribution in [0.1, 0.15) is 38.7 Å². The number of carbonyl (C=O) groups excluding carboxylic acids is 1. The Kier molecular flexibility index (Phi) is 5.61. The lowest BCUT2D eigenvalue weighted by Crippen LogP contribution is -2.37. The fourth-order valence-electron chi connectivity index (χ4n) is 3.32. The Balaban J connectivity index is 1.52. The predicted octanol–water partition coefficient (Wildman–Crippen LogP) is 3.46. The Morgan fingerprint density at radius 3 is 2.61 bits per heavy atom. The van der Waals surface area contributed by atoms with Crippen LogP contribution in [0.4, 0.5) is 17.6 Å². The molecule has 0 N–H and O–H groups in total. The van der Waals surface area contributed by atoms with Gasteiger partial charge in [-0.1, -0.05) is 22.9 Å². The molecule has 1 aliphatic heterocycles. The number of rotatable bonds is 4. The molecule has 3 heterocycles. The molecule has 0 radical (unpaired) electrons. The summed E-state index contributed by atoms with van der Waals surface area (Å²) in [5.74, 6) is -0.180. The van der Waals surface area contributed by atoms with Crippen molar-refractivity contribution in [3.63, 3.8) is 0 Å². The van der Waals surface area contributed by atoms with Gasteiger partial charge in [-0.15, -0.1) is 5.10 Å². The summed E-state index contributed by atoms with van der Waals surface area (Å²) in [4.78, 5) is 22.4.